The Hall–Kier alpha value is -2.48. The zero-order chi connectivity index (χ0) is 15.4. The van der Waals surface area contributed by atoms with Gasteiger partial charge in [0, 0.05) is 17.5 Å². The van der Waals surface area contributed by atoms with E-state index in [1.165, 1.54) is 13.2 Å². The van der Waals surface area contributed by atoms with Crippen LogP contribution in [0.5, 0.6) is 11.5 Å². The molecule has 21 heavy (non-hydrogen) atoms. The first-order chi connectivity index (χ1) is 10.1. The Morgan fingerprint density at radius 1 is 1.57 bits per heavy atom. The van der Waals surface area contributed by atoms with E-state index >= 15 is 0 Å². The topological polar surface area (TPSA) is 68.5 Å². The summed E-state index contributed by atoms with van der Waals surface area (Å²) in [6.07, 6.45) is 2.40. The minimum absolute atomic E-state index is 0.0792. The minimum Gasteiger partial charge on any atom is -0.493 e. The van der Waals surface area contributed by atoms with Crippen molar-refractivity contribution in [2.75, 3.05) is 13.7 Å². The fourth-order valence-electron chi connectivity index (χ4n) is 2.25. The molecule has 0 aromatic heterocycles. The highest BCUT2D eigenvalue weighted by Gasteiger charge is 2.22. The van der Waals surface area contributed by atoms with Crippen molar-refractivity contribution in [2.45, 2.75) is 26.4 Å². The molecule has 1 heterocycles. The Morgan fingerprint density at radius 3 is 2.95 bits per heavy atom. The van der Waals surface area contributed by atoms with E-state index in [1.807, 2.05) is 26.0 Å². The number of benzene rings is 1. The van der Waals surface area contributed by atoms with E-state index in [0.29, 0.717) is 17.9 Å². The smallest absolute Gasteiger partial charge is 0.348 e. The van der Waals surface area contributed by atoms with Crippen molar-refractivity contribution in [3.63, 3.8) is 0 Å². The number of methoxy groups -OCH3 is 1. The molecular weight excluding hydrogens is 270 g/mol. The predicted molar refractivity (Wildman–Crippen MR) is 77.0 cm³/mol. The van der Waals surface area contributed by atoms with Crippen LogP contribution in [-0.2, 0) is 16.0 Å². The van der Waals surface area contributed by atoms with Gasteiger partial charge in [0.15, 0.2) is 0 Å². The van der Waals surface area contributed by atoms with Crippen molar-refractivity contribution < 1.29 is 19.0 Å². The normalized spacial score (nSPS) is 16.7. The largest absolute Gasteiger partial charge is 0.493 e. The van der Waals surface area contributed by atoms with Crippen LogP contribution in [0.1, 0.15) is 25.0 Å². The van der Waals surface area contributed by atoms with Gasteiger partial charge in [-0.3, -0.25) is 0 Å². The molecule has 2 rings (SSSR count). The SMILES string of the molecule is CCOc1cc2c(cc1/C=C(\C#N)C(=O)OC)OC(C)C2. The van der Waals surface area contributed by atoms with Crippen molar-refractivity contribution >= 4 is 12.0 Å². The van der Waals surface area contributed by atoms with Crippen molar-refractivity contribution in [3.05, 3.63) is 28.8 Å². The van der Waals surface area contributed by atoms with Crippen LogP contribution in [0.2, 0.25) is 0 Å². The van der Waals surface area contributed by atoms with Gasteiger partial charge in [0.25, 0.3) is 0 Å². The first-order valence-electron chi connectivity index (χ1n) is 6.75. The molecule has 0 fully saturated rings. The van der Waals surface area contributed by atoms with E-state index < -0.39 is 5.97 Å². The predicted octanol–water partition coefficient (Wildman–Crippen LogP) is 2.49. The van der Waals surface area contributed by atoms with Gasteiger partial charge in [-0.05, 0) is 32.1 Å². The van der Waals surface area contributed by atoms with Crippen LogP contribution in [0.15, 0.2) is 17.7 Å². The molecule has 110 valence electrons. The van der Waals surface area contributed by atoms with Crippen LogP contribution < -0.4 is 9.47 Å². The summed E-state index contributed by atoms with van der Waals surface area (Å²) < 4.78 is 15.9. The maximum absolute atomic E-state index is 11.5. The van der Waals surface area contributed by atoms with Crippen LogP contribution in [-0.4, -0.2) is 25.8 Å². The third-order valence-corrected chi connectivity index (χ3v) is 3.15. The van der Waals surface area contributed by atoms with E-state index in [-0.39, 0.29) is 11.7 Å². The van der Waals surface area contributed by atoms with Gasteiger partial charge in [-0.15, -0.1) is 0 Å². The van der Waals surface area contributed by atoms with Gasteiger partial charge in [0.1, 0.15) is 29.2 Å². The van der Waals surface area contributed by atoms with E-state index in [9.17, 15) is 4.79 Å². The van der Waals surface area contributed by atoms with Gasteiger partial charge in [0.05, 0.1) is 13.7 Å². The van der Waals surface area contributed by atoms with E-state index in [0.717, 1.165) is 17.7 Å². The standard InChI is InChI=1S/C16H17NO4/c1-4-20-14-7-11-5-10(2)21-15(11)8-12(14)6-13(9-17)16(18)19-3/h6-8,10H,4-5H2,1-3H3/b13-6+. The van der Waals surface area contributed by atoms with Crippen LogP contribution in [0, 0.1) is 11.3 Å². The van der Waals surface area contributed by atoms with Gasteiger partial charge in [0.2, 0.25) is 0 Å². The van der Waals surface area contributed by atoms with Gasteiger partial charge in [-0.2, -0.15) is 5.26 Å². The second kappa shape index (κ2) is 6.31. The van der Waals surface area contributed by atoms with Crippen molar-refractivity contribution in [1.29, 1.82) is 5.26 Å². The average Bonchev–Trinajstić information content (AvgIpc) is 2.83. The number of ether oxygens (including phenoxy) is 3. The fourth-order valence-corrected chi connectivity index (χ4v) is 2.25. The van der Waals surface area contributed by atoms with Crippen LogP contribution >= 0.6 is 0 Å². The zero-order valence-corrected chi connectivity index (χ0v) is 12.3. The summed E-state index contributed by atoms with van der Waals surface area (Å²) in [5, 5.41) is 9.05. The first kappa shape index (κ1) is 14.9. The monoisotopic (exact) mass is 287 g/mol. The Kier molecular flexibility index (Phi) is 4.49. The maximum Gasteiger partial charge on any atom is 0.348 e. The molecule has 0 aliphatic carbocycles. The summed E-state index contributed by atoms with van der Waals surface area (Å²) >= 11 is 0. The molecule has 1 aromatic rings. The molecule has 1 unspecified atom stereocenters. The van der Waals surface area contributed by atoms with Gasteiger partial charge >= 0.3 is 5.97 Å². The van der Waals surface area contributed by atoms with Gasteiger partial charge < -0.3 is 14.2 Å². The lowest BCUT2D eigenvalue weighted by molar-refractivity contribution is -0.135. The molecule has 0 radical (unpaired) electrons. The molecule has 5 nitrogen and oxygen atoms in total. The van der Waals surface area contributed by atoms with E-state index in [1.54, 1.807) is 6.07 Å². The summed E-state index contributed by atoms with van der Waals surface area (Å²) in [4.78, 5) is 11.5. The number of hydrogen-bond donors (Lipinski definition) is 0. The van der Waals surface area contributed by atoms with Gasteiger partial charge in [-0.1, -0.05) is 0 Å². The summed E-state index contributed by atoms with van der Waals surface area (Å²) in [6, 6.07) is 5.54. The fraction of sp³-hybridized carbons (Fsp3) is 0.375. The molecule has 0 amide bonds. The molecule has 5 heteroatoms. The summed E-state index contributed by atoms with van der Waals surface area (Å²) in [5.74, 6) is 0.722. The van der Waals surface area contributed by atoms with Crippen LogP contribution in [0.3, 0.4) is 0 Å². The Balaban J connectivity index is 2.47. The van der Waals surface area contributed by atoms with Crippen molar-refractivity contribution in [2.24, 2.45) is 0 Å². The molecule has 1 aliphatic rings. The van der Waals surface area contributed by atoms with Gasteiger partial charge in [-0.25, -0.2) is 4.79 Å². The number of esters is 1. The number of nitriles is 1. The minimum atomic E-state index is -0.672. The maximum atomic E-state index is 11.5. The second-order valence-corrected chi connectivity index (χ2v) is 4.72. The van der Waals surface area contributed by atoms with Crippen molar-refractivity contribution in [3.8, 4) is 17.6 Å². The number of hydrogen-bond acceptors (Lipinski definition) is 5. The molecule has 0 N–H and O–H groups in total. The third-order valence-electron chi connectivity index (χ3n) is 3.15. The summed E-state index contributed by atoms with van der Waals surface area (Å²) in [5.41, 5.74) is 1.62. The number of carbonyl (C=O) groups is 1. The Morgan fingerprint density at radius 2 is 2.33 bits per heavy atom. The molecule has 0 spiro atoms. The number of rotatable bonds is 4. The Labute approximate surface area is 123 Å². The first-order valence-corrected chi connectivity index (χ1v) is 6.75. The average molecular weight is 287 g/mol. The highest BCUT2D eigenvalue weighted by atomic mass is 16.5. The lowest BCUT2D eigenvalue weighted by Gasteiger charge is -2.10. The Bertz CT molecular complexity index is 628. The van der Waals surface area contributed by atoms with E-state index in [4.69, 9.17) is 14.7 Å². The number of carbonyl (C=O) groups excluding carboxylic acids is 1. The molecular formula is C16H17NO4. The second-order valence-electron chi connectivity index (χ2n) is 4.72. The number of nitrogens with zero attached hydrogens (tertiary/aromatic N) is 1. The molecule has 0 saturated heterocycles. The summed E-state index contributed by atoms with van der Waals surface area (Å²) in [6.45, 7) is 4.37. The van der Waals surface area contributed by atoms with E-state index in [2.05, 4.69) is 4.74 Å². The zero-order valence-electron chi connectivity index (χ0n) is 12.3. The van der Waals surface area contributed by atoms with Crippen molar-refractivity contribution in [1.82, 2.24) is 0 Å². The van der Waals surface area contributed by atoms with Crippen LogP contribution in [0.25, 0.3) is 6.08 Å². The quantitative estimate of drug-likeness (QED) is 0.483. The highest BCUT2D eigenvalue weighted by molar-refractivity contribution is 5.98. The molecule has 0 bridgehead atoms. The molecule has 1 aliphatic heterocycles. The summed E-state index contributed by atoms with van der Waals surface area (Å²) in [7, 11) is 1.24. The molecule has 0 saturated carbocycles. The lowest BCUT2D eigenvalue weighted by atomic mass is 10.0. The third kappa shape index (κ3) is 3.16. The molecule has 1 atom stereocenters. The molecule has 1 aromatic carbocycles. The van der Waals surface area contributed by atoms with Crippen LogP contribution in [0.4, 0.5) is 0 Å². The lowest BCUT2D eigenvalue weighted by Crippen LogP contribution is -2.05. The highest BCUT2D eigenvalue weighted by Crippen LogP contribution is 2.36. The number of fused-ring (bicyclic) bond motifs is 1.